The molecule has 1 amide bonds. The third kappa shape index (κ3) is 5.17. The molecule has 3 rings (SSSR count). The Hall–Kier alpha value is -2.26. The van der Waals surface area contributed by atoms with Crippen molar-refractivity contribution in [2.24, 2.45) is 0 Å². The van der Waals surface area contributed by atoms with Crippen LogP contribution in [0.25, 0.3) is 0 Å². The van der Waals surface area contributed by atoms with Gasteiger partial charge in [-0.2, -0.15) is 0 Å². The summed E-state index contributed by atoms with van der Waals surface area (Å²) in [6.45, 7) is 6.39. The molecule has 0 atom stereocenters. The molecular formula is C19H28N6O2S. The molecule has 28 heavy (non-hydrogen) atoms. The molecule has 0 spiro atoms. The molecule has 1 aliphatic heterocycles. The van der Waals surface area contributed by atoms with E-state index in [1.54, 1.807) is 0 Å². The van der Waals surface area contributed by atoms with Gasteiger partial charge in [-0.15, -0.1) is 10.2 Å². The highest BCUT2D eigenvalue weighted by Crippen LogP contribution is 2.22. The molecule has 2 heterocycles. The van der Waals surface area contributed by atoms with Gasteiger partial charge in [0, 0.05) is 46.0 Å². The lowest BCUT2D eigenvalue weighted by Gasteiger charge is -2.27. The molecule has 0 unspecified atom stereocenters. The number of amides is 1. The monoisotopic (exact) mass is 404 g/mol. The normalized spacial score (nSPS) is 14.2. The van der Waals surface area contributed by atoms with Crippen LogP contribution in [0, 0.1) is 0 Å². The Morgan fingerprint density at radius 1 is 1.21 bits per heavy atom. The molecule has 9 heteroatoms. The van der Waals surface area contributed by atoms with Crippen LogP contribution in [0.3, 0.4) is 0 Å². The van der Waals surface area contributed by atoms with Crippen LogP contribution in [0.1, 0.15) is 12.5 Å². The number of hydrogen-bond donors (Lipinski definition) is 1. The van der Waals surface area contributed by atoms with Crippen molar-refractivity contribution < 1.29 is 9.53 Å². The number of carbonyl (C=O) groups excluding carboxylic acids is 1. The topological polar surface area (TPSA) is 75.5 Å². The first-order valence-corrected chi connectivity index (χ1v) is 10.5. The minimum absolute atomic E-state index is 0.0136. The first-order valence-electron chi connectivity index (χ1n) is 9.50. The van der Waals surface area contributed by atoms with Gasteiger partial charge in [-0.05, 0) is 24.6 Å². The molecule has 0 bridgehead atoms. The number of ether oxygens (including phenoxy) is 1. The van der Waals surface area contributed by atoms with Crippen molar-refractivity contribution in [3.8, 4) is 0 Å². The second-order valence-electron chi connectivity index (χ2n) is 6.75. The van der Waals surface area contributed by atoms with Crippen LogP contribution in [0.15, 0.2) is 29.4 Å². The van der Waals surface area contributed by atoms with E-state index in [1.165, 1.54) is 11.8 Å². The lowest BCUT2D eigenvalue weighted by atomic mass is 10.2. The zero-order valence-corrected chi connectivity index (χ0v) is 17.5. The number of nitrogens with zero attached hydrogens (tertiary/aromatic N) is 5. The summed E-state index contributed by atoms with van der Waals surface area (Å²) >= 11 is 1.42. The number of rotatable bonds is 8. The molecular weight excluding hydrogens is 376 g/mol. The molecule has 1 fully saturated rings. The highest BCUT2D eigenvalue weighted by atomic mass is 32.2. The molecule has 8 nitrogen and oxygen atoms in total. The van der Waals surface area contributed by atoms with Crippen LogP contribution < -0.4 is 15.1 Å². The maximum Gasteiger partial charge on any atom is 0.230 e. The zero-order chi connectivity index (χ0) is 19.9. The molecule has 0 radical (unpaired) electrons. The second kappa shape index (κ2) is 9.79. The van der Waals surface area contributed by atoms with Crippen LogP contribution in [0.2, 0.25) is 0 Å². The molecule has 2 aromatic rings. The Morgan fingerprint density at radius 2 is 1.93 bits per heavy atom. The van der Waals surface area contributed by atoms with Gasteiger partial charge in [0.1, 0.15) is 0 Å². The number of hydrogen-bond acceptors (Lipinski definition) is 7. The van der Waals surface area contributed by atoms with Crippen LogP contribution >= 0.6 is 11.8 Å². The van der Waals surface area contributed by atoms with Crippen molar-refractivity contribution in [2.45, 2.75) is 25.2 Å². The predicted molar refractivity (Wildman–Crippen MR) is 112 cm³/mol. The molecule has 1 aromatic carbocycles. The maximum atomic E-state index is 12.2. The Balaban J connectivity index is 1.50. The number of benzene rings is 1. The molecule has 1 aliphatic rings. The van der Waals surface area contributed by atoms with E-state index < -0.39 is 0 Å². The fourth-order valence-electron chi connectivity index (χ4n) is 2.96. The van der Waals surface area contributed by atoms with Gasteiger partial charge in [0.15, 0.2) is 5.16 Å². The second-order valence-corrected chi connectivity index (χ2v) is 7.70. The number of morpholine rings is 1. The van der Waals surface area contributed by atoms with E-state index in [9.17, 15) is 4.79 Å². The summed E-state index contributed by atoms with van der Waals surface area (Å²) in [7, 11) is 4.01. The van der Waals surface area contributed by atoms with Gasteiger partial charge in [-0.25, -0.2) is 0 Å². The molecule has 1 N–H and O–H groups in total. The molecule has 1 aromatic heterocycles. The van der Waals surface area contributed by atoms with Crippen LogP contribution in [0.4, 0.5) is 11.6 Å². The standard InChI is InChI=1S/C19H28N6O2S/c1-4-25-18(24-9-11-27-12-10-24)21-22-19(25)28-14-17(26)20-13-15-5-7-16(8-6-15)23(2)3/h5-8H,4,9-14H2,1-3H3,(H,20,26). The zero-order valence-electron chi connectivity index (χ0n) is 16.7. The van der Waals surface area contributed by atoms with Gasteiger partial charge in [0.25, 0.3) is 0 Å². The van der Waals surface area contributed by atoms with E-state index in [2.05, 4.69) is 31.9 Å². The molecule has 152 valence electrons. The molecule has 0 aliphatic carbocycles. The van der Waals surface area contributed by atoms with Gasteiger partial charge in [-0.1, -0.05) is 23.9 Å². The van der Waals surface area contributed by atoms with Crippen LogP contribution in [-0.4, -0.2) is 66.8 Å². The van der Waals surface area contributed by atoms with E-state index in [0.717, 1.165) is 42.0 Å². The summed E-state index contributed by atoms with van der Waals surface area (Å²) in [5.74, 6) is 1.16. The number of anilines is 2. The fraction of sp³-hybridized carbons (Fsp3) is 0.526. The van der Waals surface area contributed by atoms with E-state index in [1.807, 2.05) is 43.3 Å². The van der Waals surface area contributed by atoms with Crippen molar-refractivity contribution in [1.29, 1.82) is 0 Å². The van der Waals surface area contributed by atoms with Crippen LogP contribution in [-0.2, 0) is 22.6 Å². The average molecular weight is 405 g/mol. The Kier molecular flexibility index (Phi) is 7.16. The van der Waals surface area contributed by atoms with E-state index in [4.69, 9.17) is 4.74 Å². The highest BCUT2D eigenvalue weighted by molar-refractivity contribution is 7.99. The lowest BCUT2D eigenvalue weighted by molar-refractivity contribution is -0.118. The van der Waals surface area contributed by atoms with Crippen LogP contribution in [0.5, 0.6) is 0 Å². The number of nitrogens with one attached hydrogen (secondary N) is 1. The molecule has 1 saturated heterocycles. The highest BCUT2D eigenvalue weighted by Gasteiger charge is 2.20. The fourth-order valence-corrected chi connectivity index (χ4v) is 3.78. The largest absolute Gasteiger partial charge is 0.378 e. The van der Waals surface area contributed by atoms with Crippen molar-refractivity contribution in [1.82, 2.24) is 20.1 Å². The summed E-state index contributed by atoms with van der Waals surface area (Å²) in [4.78, 5) is 16.5. The lowest BCUT2D eigenvalue weighted by Crippen LogP contribution is -2.38. The van der Waals surface area contributed by atoms with E-state index in [-0.39, 0.29) is 5.91 Å². The average Bonchev–Trinajstić information content (AvgIpc) is 3.14. The smallest absolute Gasteiger partial charge is 0.230 e. The minimum Gasteiger partial charge on any atom is -0.378 e. The molecule has 0 saturated carbocycles. The quantitative estimate of drug-likeness (QED) is 0.670. The Bertz CT molecular complexity index is 771. The van der Waals surface area contributed by atoms with Gasteiger partial charge in [0.2, 0.25) is 11.9 Å². The van der Waals surface area contributed by atoms with Gasteiger partial charge in [-0.3, -0.25) is 9.36 Å². The number of thioether (sulfide) groups is 1. The van der Waals surface area contributed by atoms with Crippen molar-refractivity contribution in [2.75, 3.05) is 56.0 Å². The summed E-state index contributed by atoms with van der Waals surface area (Å²) in [5.41, 5.74) is 2.22. The van der Waals surface area contributed by atoms with Gasteiger partial charge < -0.3 is 19.9 Å². The summed E-state index contributed by atoms with van der Waals surface area (Å²) in [6.07, 6.45) is 0. The first-order chi connectivity index (χ1) is 13.6. The van der Waals surface area contributed by atoms with Gasteiger partial charge >= 0.3 is 0 Å². The number of carbonyl (C=O) groups is 1. The third-order valence-electron chi connectivity index (χ3n) is 4.58. The van der Waals surface area contributed by atoms with E-state index in [0.29, 0.717) is 25.5 Å². The van der Waals surface area contributed by atoms with E-state index >= 15 is 0 Å². The summed E-state index contributed by atoms with van der Waals surface area (Å²) < 4.78 is 7.46. The first kappa shape index (κ1) is 20.5. The minimum atomic E-state index is -0.0136. The third-order valence-corrected chi connectivity index (χ3v) is 5.55. The van der Waals surface area contributed by atoms with Crippen molar-refractivity contribution >= 4 is 29.3 Å². The Labute approximate surface area is 170 Å². The van der Waals surface area contributed by atoms with Crippen molar-refractivity contribution in [3.05, 3.63) is 29.8 Å². The Morgan fingerprint density at radius 3 is 2.57 bits per heavy atom. The maximum absolute atomic E-state index is 12.2. The predicted octanol–water partition coefficient (Wildman–Crippen LogP) is 1.61. The summed E-state index contributed by atoms with van der Waals surface area (Å²) in [5, 5.41) is 12.4. The number of aromatic nitrogens is 3. The SMILES string of the molecule is CCn1c(SCC(=O)NCc2ccc(N(C)C)cc2)nnc1N1CCOCC1. The summed E-state index contributed by atoms with van der Waals surface area (Å²) in [6, 6.07) is 8.16. The van der Waals surface area contributed by atoms with Crippen molar-refractivity contribution in [3.63, 3.8) is 0 Å². The van der Waals surface area contributed by atoms with Gasteiger partial charge in [0.05, 0.1) is 19.0 Å².